The number of allylic oxidation sites excluding steroid dienone is 2. The van der Waals surface area contributed by atoms with Crippen LogP contribution in [0.1, 0.15) is 58.4 Å². The first-order valence-corrected chi connectivity index (χ1v) is 13.9. The number of aliphatic hydroxyl groups is 1. The van der Waals surface area contributed by atoms with Gasteiger partial charge >= 0.3 is 6.09 Å². The number of aromatic hydroxyl groups is 2. The van der Waals surface area contributed by atoms with Gasteiger partial charge in [0.05, 0.1) is 17.5 Å². The molecular formula is C30H43N3O7. The van der Waals surface area contributed by atoms with Crippen molar-refractivity contribution in [3.05, 3.63) is 47.1 Å². The molecule has 6 N–H and O–H groups in total. The average molecular weight is 558 g/mol. The number of hydrogen-bond acceptors (Lipinski definition) is 8. The third-order valence-electron chi connectivity index (χ3n) is 7.60. The third kappa shape index (κ3) is 7.79. The van der Waals surface area contributed by atoms with Crippen molar-refractivity contribution in [2.75, 3.05) is 30.4 Å². The standard InChI is InChI=1S/C30H43N3O7/c1-18-10-9-13-25(39-4)28(40-30(31)38)20(3)16-19(2)23(34)12-6-5-11-21-26(33-14-7-8-15-33)24(35)17-22(27(21)36)32-29(18)37/h9-10,13,16-17,19,23,25,28,34-36H,5-8,11-12,14-15H2,1-4H3,(H2,31,38)(H,32,37)/b13-9-,18-10+,20-16+. The molecule has 1 aromatic carbocycles. The number of aliphatic hydroxyl groups excluding tert-OH is 1. The molecule has 10 heteroatoms. The molecule has 0 aromatic heterocycles. The number of carbonyl (C=O) groups excluding carboxylic acids is 2. The lowest BCUT2D eigenvalue weighted by Gasteiger charge is -2.26. The molecule has 40 heavy (non-hydrogen) atoms. The van der Waals surface area contributed by atoms with Crippen molar-refractivity contribution in [3.8, 4) is 11.5 Å². The lowest BCUT2D eigenvalue weighted by molar-refractivity contribution is -0.112. The maximum Gasteiger partial charge on any atom is 0.405 e. The molecule has 0 radical (unpaired) electrons. The fraction of sp³-hybridized carbons (Fsp3) is 0.533. The summed E-state index contributed by atoms with van der Waals surface area (Å²) in [5, 5.41) is 35.8. The van der Waals surface area contributed by atoms with Crippen LogP contribution in [-0.4, -0.2) is 65.8 Å². The molecule has 0 spiro atoms. The summed E-state index contributed by atoms with van der Waals surface area (Å²) in [5.74, 6) is -0.751. The largest absolute Gasteiger partial charge is 0.506 e. The number of phenols is 2. The Hall–Kier alpha value is -3.50. The number of anilines is 2. The molecule has 1 aromatic rings. The van der Waals surface area contributed by atoms with Crippen LogP contribution in [-0.2, 0) is 20.7 Å². The van der Waals surface area contributed by atoms with E-state index in [-0.39, 0.29) is 23.1 Å². The monoisotopic (exact) mass is 557 g/mol. The number of nitrogens with one attached hydrogen (secondary N) is 1. The second kappa shape index (κ2) is 14.2. The topological polar surface area (TPSA) is 155 Å². The van der Waals surface area contributed by atoms with E-state index in [1.54, 1.807) is 32.1 Å². The predicted molar refractivity (Wildman–Crippen MR) is 154 cm³/mol. The van der Waals surface area contributed by atoms with E-state index in [2.05, 4.69) is 10.2 Å². The molecule has 2 aliphatic rings. The Labute approximate surface area is 236 Å². The third-order valence-corrected chi connectivity index (χ3v) is 7.60. The van der Waals surface area contributed by atoms with E-state index in [4.69, 9.17) is 15.2 Å². The van der Waals surface area contributed by atoms with Gasteiger partial charge in [0.2, 0.25) is 0 Å². The first kappa shape index (κ1) is 31.0. The number of amides is 2. The minimum Gasteiger partial charge on any atom is -0.506 e. The van der Waals surface area contributed by atoms with Gasteiger partial charge < -0.3 is 40.7 Å². The van der Waals surface area contributed by atoms with Crippen LogP contribution in [0.4, 0.5) is 16.2 Å². The number of nitrogens with zero attached hydrogens (tertiary/aromatic N) is 1. The number of hydrogen-bond donors (Lipinski definition) is 5. The zero-order valence-corrected chi connectivity index (χ0v) is 23.9. The molecule has 2 aliphatic heterocycles. The Morgan fingerprint density at radius 1 is 1.15 bits per heavy atom. The molecule has 4 atom stereocenters. The van der Waals surface area contributed by atoms with E-state index in [0.29, 0.717) is 48.1 Å². The van der Waals surface area contributed by atoms with E-state index in [9.17, 15) is 24.9 Å². The summed E-state index contributed by atoms with van der Waals surface area (Å²) >= 11 is 0. The van der Waals surface area contributed by atoms with E-state index in [1.807, 2.05) is 13.0 Å². The number of phenolic OH excluding ortho intramolecular Hbond substituents is 2. The van der Waals surface area contributed by atoms with Crippen LogP contribution in [0.25, 0.3) is 0 Å². The van der Waals surface area contributed by atoms with Crippen molar-refractivity contribution in [3.63, 3.8) is 0 Å². The lowest BCUT2D eigenvalue weighted by atomic mass is 9.93. The van der Waals surface area contributed by atoms with Gasteiger partial charge in [0.15, 0.2) is 6.10 Å². The number of nitrogens with two attached hydrogens (primary N) is 1. The number of methoxy groups -OCH3 is 1. The molecule has 220 valence electrons. The van der Waals surface area contributed by atoms with Crippen molar-refractivity contribution >= 4 is 23.4 Å². The summed E-state index contributed by atoms with van der Waals surface area (Å²) in [5.41, 5.74) is 7.66. The summed E-state index contributed by atoms with van der Waals surface area (Å²) in [6.45, 7) is 6.86. The Kier molecular flexibility index (Phi) is 11.0. The van der Waals surface area contributed by atoms with Crippen LogP contribution in [0.15, 0.2) is 41.5 Å². The zero-order valence-electron chi connectivity index (χ0n) is 23.9. The quantitative estimate of drug-likeness (QED) is 0.209. The Morgan fingerprint density at radius 2 is 1.85 bits per heavy atom. The van der Waals surface area contributed by atoms with Crippen LogP contribution in [0.2, 0.25) is 0 Å². The minimum atomic E-state index is -0.955. The van der Waals surface area contributed by atoms with E-state index >= 15 is 0 Å². The predicted octanol–water partition coefficient (Wildman–Crippen LogP) is 4.29. The van der Waals surface area contributed by atoms with E-state index in [0.717, 1.165) is 25.9 Å². The van der Waals surface area contributed by atoms with Crippen molar-refractivity contribution in [2.24, 2.45) is 11.7 Å². The van der Waals surface area contributed by atoms with E-state index < -0.39 is 30.3 Å². The zero-order chi connectivity index (χ0) is 29.4. The van der Waals surface area contributed by atoms with Gasteiger partial charge in [-0.3, -0.25) is 4.79 Å². The van der Waals surface area contributed by atoms with Crippen molar-refractivity contribution in [1.29, 1.82) is 0 Å². The highest BCUT2D eigenvalue weighted by molar-refractivity contribution is 6.05. The molecule has 0 saturated carbocycles. The molecule has 10 nitrogen and oxygen atoms in total. The summed E-state index contributed by atoms with van der Waals surface area (Å²) < 4.78 is 10.9. The average Bonchev–Trinajstić information content (AvgIpc) is 3.43. The summed E-state index contributed by atoms with van der Waals surface area (Å²) in [4.78, 5) is 26.7. The summed E-state index contributed by atoms with van der Waals surface area (Å²) in [7, 11) is 1.47. The first-order chi connectivity index (χ1) is 19.0. The molecular weight excluding hydrogens is 514 g/mol. The van der Waals surface area contributed by atoms with Gasteiger partial charge in [0, 0.05) is 43.3 Å². The Balaban J connectivity index is 2.01. The molecule has 4 unspecified atom stereocenters. The number of rotatable bonds is 3. The lowest BCUT2D eigenvalue weighted by Crippen LogP contribution is -2.35. The first-order valence-electron chi connectivity index (χ1n) is 13.9. The van der Waals surface area contributed by atoms with Gasteiger partial charge in [-0.15, -0.1) is 0 Å². The fourth-order valence-corrected chi connectivity index (χ4v) is 5.32. The van der Waals surface area contributed by atoms with Crippen LogP contribution < -0.4 is 16.0 Å². The number of primary amides is 1. The maximum atomic E-state index is 13.0. The summed E-state index contributed by atoms with van der Waals surface area (Å²) in [6.07, 6.45) is 7.82. The van der Waals surface area contributed by atoms with Gasteiger partial charge in [-0.05, 0) is 51.5 Å². The highest BCUT2D eigenvalue weighted by Crippen LogP contribution is 2.44. The molecule has 0 aliphatic carbocycles. The second-order valence-corrected chi connectivity index (χ2v) is 10.6. The fourth-order valence-electron chi connectivity index (χ4n) is 5.32. The van der Waals surface area contributed by atoms with Crippen LogP contribution in [0.5, 0.6) is 11.5 Å². The molecule has 2 amide bonds. The van der Waals surface area contributed by atoms with Crippen molar-refractivity contribution in [2.45, 2.75) is 77.6 Å². The number of carbonyl (C=O) groups is 2. The minimum absolute atomic E-state index is 0.00937. The Morgan fingerprint density at radius 3 is 2.50 bits per heavy atom. The van der Waals surface area contributed by atoms with Crippen molar-refractivity contribution in [1.82, 2.24) is 0 Å². The van der Waals surface area contributed by atoms with Crippen LogP contribution in [0.3, 0.4) is 0 Å². The van der Waals surface area contributed by atoms with Crippen molar-refractivity contribution < 1.29 is 34.4 Å². The van der Waals surface area contributed by atoms with Gasteiger partial charge in [-0.25, -0.2) is 4.79 Å². The second-order valence-electron chi connectivity index (χ2n) is 10.6. The summed E-state index contributed by atoms with van der Waals surface area (Å²) in [6, 6.07) is 1.39. The maximum absolute atomic E-state index is 13.0. The Bertz CT molecular complexity index is 1150. The van der Waals surface area contributed by atoms with Gasteiger partial charge in [-0.2, -0.15) is 0 Å². The number of fused-ring (bicyclic) bond motifs is 2. The van der Waals surface area contributed by atoms with Gasteiger partial charge in [0.1, 0.15) is 17.6 Å². The number of benzene rings is 1. The highest BCUT2D eigenvalue weighted by atomic mass is 16.6. The van der Waals surface area contributed by atoms with Crippen LogP contribution in [0, 0.1) is 5.92 Å². The normalized spacial score (nSPS) is 28.6. The van der Waals surface area contributed by atoms with E-state index in [1.165, 1.54) is 13.2 Å². The molecule has 1 fully saturated rings. The molecule has 1 saturated heterocycles. The van der Waals surface area contributed by atoms with Gasteiger partial charge in [-0.1, -0.05) is 37.6 Å². The highest BCUT2D eigenvalue weighted by Gasteiger charge is 2.27. The smallest absolute Gasteiger partial charge is 0.405 e. The molecule has 3 rings (SSSR count). The van der Waals surface area contributed by atoms with Gasteiger partial charge in [0.25, 0.3) is 5.91 Å². The molecule has 2 bridgehead atoms. The van der Waals surface area contributed by atoms with Crippen LogP contribution >= 0.6 is 0 Å². The molecule has 2 heterocycles. The SMILES string of the molecule is COC1/C=C\C=C(/C)C(=O)Nc2cc(O)c(N3CCCC3)c(c2O)CCCCC(O)C(C)/C=C(\C)C1OC(N)=O. The number of ether oxygens (including phenoxy) is 2.